The van der Waals surface area contributed by atoms with E-state index in [0.717, 1.165) is 34.0 Å². The summed E-state index contributed by atoms with van der Waals surface area (Å²) in [5.74, 6) is 3.18. The lowest BCUT2D eigenvalue weighted by molar-refractivity contribution is 0.253. The van der Waals surface area contributed by atoms with Crippen LogP contribution in [0.4, 0.5) is 5.82 Å². The largest absolute Gasteiger partial charge is 0.366 e. The molecule has 1 aliphatic rings. The fraction of sp³-hybridized carbons (Fsp3) is 0.391. The molecule has 0 spiro atoms. The maximum atomic E-state index is 4.94. The van der Waals surface area contributed by atoms with Gasteiger partial charge in [0.2, 0.25) is 0 Å². The molecule has 0 aliphatic heterocycles. The highest BCUT2D eigenvalue weighted by Crippen LogP contribution is 2.33. The normalized spacial score (nSPS) is 23.1. The van der Waals surface area contributed by atoms with Crippen molar-refractivity contribution in [2.45, 2.75) is 46.1 Å². The molecule has 0 bridgehead atoms. The smallest absolute Gasteiger partial charge is 0.162 e. The van der Waals surface area contributed by atoms with Gasteiger partial charge in [-0.2, -0.15) is 0 Å². The molecule has 0 radical (unpaired) electrons. The summed E-state index contributed by atoms with van der Waals surface area (Å²) >= 11 is 0. The van der Waals surface area contributed by atoms with Crippen molar-refractivity contribution in [1.29, 1.82) is 0 Å². The second-order valence-corrected chi connectivity index (χ2v) is 7.80. The molecule has 26 heavy (non-hydrogen) atoms. The molecule has 2 aromatic carbocycles. The number of para-hydroxylation sites is 1. The fourth-order valence-corrected chi connectivity index (χ4v) is 4.06. The Morgan fingerprint density at radius 1 is 0.962 bits per heavy atom. The number of anilines is 1. The van der Waals surface area contributed by atoms with E-state index in [1.165, 1.54) is 24.8 Å². The zero-order valence-electron chi connectivity index (χ0n) is 15.9. The van der Waals surface area contributed by atoms with Gasteiger partial charge in [0.25, 0.3) is 0 Å². The maximum Gasteiger partial charge on any atom is 0.162 e. The molecule has 3 aromatic rings. The number of benzene rings is 2. The molecule has 3 atom stereocenters. The molecule has 1 fully saturated rings. The Hall–Kier alpha value is -2.42. The van der Waals surface area contributed by atoms with Crippen molar-refractivity contribution in [3.8, 4) is 11.4 Å². The van der Waals surface area contributed by atoms with E-state index >= 15 is 0 Å². The molecule has 1 saturated carbocycles. The topological polar surface area (TPSA) is 37.8 Å². The van der Waals surface area contributed by atoms with Gasteiger partial charge in [-0.1, -0.05) is 62.6 Å². The molecule has 3 heteroatoms. The number of fused-ring (bicyclic) bond motifs is 1. The predicted octanol–water partition coefficient (Wildman–Crippen LogP) is 5.84. The van der Waals surface area contributed by atoms with Crippen LogP contribution in [0.2, 0.25) is 0 Å². The van der Waals surface area contributed by atoms with E-state index in [4.69, 9.17) is 9.97 Å². The van der Waals surface area contributed by atoms with Crippen LogP contribution in [0.3, 0.4) is 0 Å². The van der Waals surface area contributed by atoms with Gasteiger partial charge in [-0.25, -0.2) is 9.97 Å². The predicted molar refractivity (Wildman–Crippen MR) is 109 cm³/mol. The van der Waals surface area contributed by atoms with Gasteiger partial charge < -0.3 is 5.32 Å². The van der Waals surface area contributed by atoms with E-state index in [-0.39, 0.29) is 0 Å². The number of aromatic nitrogens is 2. The van der Waals surface area contributed by atoms with Crippen molar-refractivity contribution in [2.24, 2.45) is 11.8 Å². The molecule has 1 N–H and O–H groups in total. The van der Waals surface area contributed by atoms with Gasteiger partial charge in [0.05, 0.1) is 5.52 Å². The second-order valence-electron chi connectivity index (χ2n) is 7.80. The average Bonchev–Trinajstić information content (AvgIpc) is 2.65. The van der Waals surface area contributed by atoms with Crippen LogP contribution in [0.5, 0.6) is 0 Å². The van der Waals surface area contributed by atoms with Gasteiger partial charge in [-0.3, -0.25) is 0 Å². The van der Waals surface area contributed by atoms with E-state index in [0.29, 0.717) is 12.0 Å². The van der Waals surface area contributed by atoms with Crippen molar-refractivity contribution in [1.82, 2.24) is 9.97 Å². The molecule has 0 unspecified atom stereocenters. The Bertz CT molecular complexity index is 918. The molecule has 0 saturated heterocycles. The number of nitrogens with one attached hydrogen (secondary N) is 1. The molecule has 1 heterocycles. The lowest BCUT2D eigenvalue weighted by Gasteiger charge is -2.35. The number of rotatable bonds is 3. The Balaban J connectivity index is 1.77. The minimum absolute atomic E-state index is 0.474. The summed E-state index contributed by atoms with van der Waals surface area (Å²) in [5.41, 5.74) is 3.30. The minimum Gasteiger partial charge on any atom is -0.366 e. The zero-order chi connectivity index (χ0) is 18.1. The van der Waals surface area contributed by atoms with Gasteiger partial charge in [0.1, 0.15) is 5.82 Å². The van der Waals surface area contributed by atoms with Crippen LogP contribution >= 0.6 is 0 Å². The van der Waals surface area contributed by atoms with Crippen LogP contribution in [0.25, 0.3) is 22.3 Å². The molecule has 1 aliphatic carbocycles. The SMILES string of the molecule is Cc1cccc(-c2nc(N[C@@H]3CCC[C@@H](C)[C@H]3C)c3ccccc3n2)c1. The maximum absolute atomic E-state index is 4.94. The summed E-state index contributed by atoms with van der Waals surface area (Å²) < 4.78 is 0. The van der Waals surface area contributed by atoms with Crippen LogP contribution in [-0.4, -0.2) is 16.0 Å². The zero-order valence-corrected chi connectivity index (χ0v) is 15.9. The third-order valence-corrected chi connectivity index (χ3v) is 5.91. The lowest BCUT2D eigenvalue weighted by atomic mass is 9.78. The molecule has 4 rings (SSSR count). The highest BCUT2D eigenvalue weighted by molar-refractivity contribution is 5.90. The van der Waals surface area contributed by atoms with E-state index < -0.39 is 0 Å². The highest BCUT2D eigenvalue weighted by Gasteiger charge is 2.27. The summed E-state index contributed by atoms with van der Waals surface area (Å²) in [6.07, 6.45) is 3.83. The Morgan fingerprint density at radius 3 is 2.65 bits per heavy atom. The summed E-state index contributed by atoms with van der Waals surface area (Å²) in [7, 11) is 0. The van der Waals surface area contributed by atoms with Crippen molar-refractivity contribution in [2.75, 3.05) is 5.32 Å². The highest BCUT2D eigenvalue weighted by atomic mass is 15.1. The molecular weight excluding hydrogens is 318 g/mol. The quantitative estimate of drug-likeness (QED) is 0.648. The standard InChI is InChI=1S/C23H27N3/c1-15-8-6-10-18(14-15)22-25-21-12-5-4-11-19(21)23(26-22)24-20-13-7-9-16(2)17(20)3/h4-6,8,10-12,14,16-17,20H,7,9,13H2,1-3H3,(H,24,25,26)/t16-,17-,20-/m1/s1. The second kappa shape index (κ2) is 7.06. The average molecular weight is 345 g/mol. The van der Waals surface area contributed by atoms with Crippen LogP contribution in [0, 0.1) is 18.8 Å². The summed E-state index contributed by atoms with van der Waals surface area (Å²) in [5, 5.41) is 4.88. The van der Waals surface area contributed by atoms with E-state index in [2.05, 4.69) is 68.6 Å². The monoisotopic (exact) mass is 345 g/mol. The Labute approximate surface area is 155 Å². The van der Waals surface area contributed by atoms with Crippen LogP contribution in [0.15, 0.2) is 48.5 Å². The first-order chi connectivity index (χ1) is 12.6. The van der Waals surface area contributed by atoms with Crippen molar-refractivity contribution < 1.29 is 0 Å². The number of hydrogen-bond acceptors (Lipinski definition) is 3. The number of aryl methyl sites for hydroxylation is 1. The van der Waals surface area contributed by atoms with Gasteiger partial charge in [-0.05, 0) is 43.4 Å². The molecule has 0 amide bonds. The van der Waals surface area contributed by atoms with Crippen molar-refractivity contribution >= 4 is 16.7 Å². The Morgan fingerprint density at radius 2 is 1.81 bits per heavy atom. The first kappa shape index (κ1) is 17.0. The lowest BCUT2D eigenvalue weighted by Crippen LogP contribution is -2.35. The molecule has 134 valence electrons. The van der Waals surface area contributed by atoms with E-state index in [1.807, 2.05) is 6.07 Å². The van der Waals surface area contributed by atoms with Gasteiger partial charge >= 0.3 is 0 Å². The third-order valence-electron chi connectivity index (χ3n) is 5.91. The Kier molecular flexibility index (Phi) is 4.62. The summed E-state index contributed by atoms with van der Waals surface area (Å²) in [6.45, 7) is 6.84. The van der Waals surface area contributed by atoms with Gasteiger partial charge in [-0.15, -0.1) is 0 Å². The molecule has 3 nitrogen and oxygen atoms in total. The van der Waals surface area contributed by atoms with Gasteiger partial charge in [0, 0.05) is 17.0 Å². The first-order valence-electron chi connectivity index (χ1n) is 9.72. The van der Waals surface area contributed by atoms with Gasteiger partial charge in [0.15, 0.2) is 5.82 Å². The minimum atomic E-state index is 0.474. The molecule has 1 aromatic heterocycles. The third kappa shape index (κ3) is 3.31. The van der Waals surface area contributed by atoms with Crippen LogP contribution in [-0.2, 0) is 0 Å². The van der Waals surface area contributed by atoms with E-state index in [9.17, 15) is 0 Å². The van der Waals surface area contributed by atoms with Crippen molar-refractivity contribution in [3.63, 3.8) is 0 Å². The number of nitrogens with zero attached hydrogens (tertiary/aromatic N) is 2. The summed E-state index contributed by atoms with van der Waals surface area (Å²) in [6, 6.07) is 17.2. The van der Waals surface area contributed by atoms with E-state index in [1.54, 1.807) is 0 Å². The first-order valence-corrected chi connectivity index (χ1v) is 9.72. The van der Waals surface area contributed by atoms with Crippen LogP contribution in [0.1, 0.15) is 38.7 Å². The fourth-order valence-electron chi connectivity index (χ4n) is 4.06. The molecular formula is C23H27N3. The van der Waals surface area contributed by atoms with Crippen LogP contribution < -0.4 is 5.32 Å². The summed E-state index contributed by atoms with van der Waals surface area (Å²) in [4.78, 5) is 9.77. The van der Waals surface area contributed by atoms with Crippen molar-refractivity contribution in [3.05, 3.63) is 54.1 Å². The number of hydrogen-bond donors (Lipinski definition) is 1.